The van der Waals surface area contributed by atoms with Crippen LogP contribution in [-0.2, 0) is 0 Å². The summed E-state index contributed by atoms with van der Waals surface area (Å²) in [4.78, 5) is 12.3. The fourth-order valence-corrected chi connectivity index (χ4v) is 2.04. The second-order valence-corrected chi connectivity index (χ2v) is 6.32. The van der Waals surface area contributed by atoms with Gasteiger partial charge in [-0.3, -0.25) is 4.79 Å². The molecule has 0 unspecified atom stereocenters. The van der Waals surface area contributed by atoms with Gasteiger partial charge in [0.05, 0.1) is 13.7 Å². The molecule has 0 aromatic heterocycles. The van der Waals surface area contributed by atoms with E-state index in [2.05, 4.69) is 19.2 Å². The van der Waals surface area contributed by atoms with Crippen LogP contribution in [0.5, 0.6) is 11.5 Å². The Bertz CT molecular complexity index is 517. The summed E-state index contributed by atoms with van der Waals surface area (Å²) in [6.07, 6.45) is 1.63. The molecule has 6 heteroatoms. The summed E-state index contributed by atoms with van der Waals surface area (Å²) in [7, 11) is 1.57. The van der Waals surface area contributed by atoms with Gasteiger partial charge >= 0.3 is 0 Å². The fourth-order valence-electron chi connectivity index (χ4n) is 2.04. The van der Waals surface area contributed by atoms with Gasteiger partial charge in [0.25, 0.3) is 5.91 Å². The third-order valence-electron chi connectivity index (χ3n) is 4.01. The zero-order chi connectivity index (χ0) is 17.5. The van der Waals surface area contributed by atoms with Crippen molar-refractivity contribution in [3.05, 3.63) is 23.8 Å². The number of nitrogens with two attached hydrogens (primary N) is 1. The molecule has 1 amide bonds. The zero-order valence-electron chi connectivity index (χ0n) is 15.3. The average Bonchev–Trinajstić information content (AvgIpc) is 2.57. The number of benzene rings is 1. The second-order valence-electron chi connectivity index (χ2n) is 6.32. The maximum atomic E-state index is 12.3. The molecular weight excluding hydrogens is 328 g/mol. The van der Waals surface area contributed by atoms with E-state index in [1.54, 1.807) is 25.3 Å². The number of hydrogen-bond donors (Lipinski definition) is 2. The largest absolute Gasteiger partial charge is 0.493 e. The van der Waals surface area contributed by atoms with E-state index < -0.39 is 0 Å². The molecule has 0 saturated carbocycles. The molecule has 0 spiro atoms. The molecule has 0 atom stereocenters. The number of rotatable bonds is 9. The highest BCUT2D eigenvalue weighted by Gasteiger charge is 2.21. The number of ether oxygens (including phenoxy) is 2. The van der Waals surface area contributed by atoms with Crippen LogP contribution in [0, 0.1) is 5.92 Å². The molecule has 0 aliphatic heterocycles. The van der Waals surface area contributed by atoms with E-state index in [4.69, 9.17) is 15.2 Å². The van der Waals surface area contributed by atoms with E-state index in [-0.39, 0.29) is 23.9 Å². The quantitative estimate of drug-likeness (QED) is 0.709. The first kappa shape index (κ1) is 22.5. The maximum Gasteiger partial charge on any atom is 0.251 e. The van der Waals surface area contributed by atoms with Gasteiger partial charge in [0.2, 0.25) is 0 Å². The highest BCUT2D eigenvalue weighted by molar-refractivity contribution is 5.94. The zero-order valence-corrected chi connectivity index (χ0v) is 16.2. The Morgan fingerprint density at radius 3 is 2.38 bits per heavy atom. The number of carbonyl (C=O) groups is 1. The first-order chi connectivity index (χ1) is 10.8. The van der Waals surface area contributed by atoms with Crippen molar-refractivity contribution in [2.75, 3.05) is 20.3 Å². The fraction of sp³-hybridized carbons (Fsp3) is 0.611. The van der Waals surface area contributed by atoms with Crippen LogP contribution >= 0.6 is 12.4 Å². The molecule has 1 rings (SSSR count). The first-order valence-corrected chi connectivity index (χ1v) is 8.23. The van der Waals surface area contributed by atoms with Crippen LogP contribution in [0.3, 0.4) is 0 Å². The Labute approximate surface area is 151 Å². The number of methoxy groups -OCH3 is 1. The Morgan fingerprint density at radius 1 is 1.25 bits per heavy atom. The van der Waals surface area contributed by atoms with E-state index in [1.807, 2.05) is 13.8 Å². The number of hydrogen-bond acceptors (Lipinski definition) is 4. The van der Waals surface area contributed by atoms with Gasteiger partial charge < -0.3 is 20.5 Å². The molecule has 1 aromatic carbocycles. The van der Waals surface area contributed by atoms with E-state index in [9.17, 15) is 4.79 Å². The molecule has 138 valence electrons. The lowest BCUT2D eigenvalue weighted by atomic mass is 9.94. The van der Waals surface area contributed by atoms with Crippen molar-refractivity contribution in [2.45, 2.75) is 46.1 Å². The summed E-state index contributed by atoms with van der Waals surface area (Å²) in [6.45, 7) is 9.26. The van der Waals surface area contributed by atoms with Gasteiger partial charge in [-0.1, -0.05) is 27.7 Å². The number of amides is 1. The minimum Gasteiger partial charge on any atom is -0.493 e. The van der Waals surface area contributed by atoms with Gasteiger partial charge in [-0.25, -0.2) is 0 Å². The summed E-state index contributed by atoms with van der Waals surface area (Å²) >= 11 is 0. The van der Waals surface area contributed by atoms with Gasteiger partial charge in [-0.15, -0.1) is 12.4 Å². The normalized spacial score (nSPS) is 11.0. The molecule has 1 aromatic rings. The lowest BCUT2D eigenvalue weighted by molar-refractivity contribution is 0.0941. The van der Waals surface area contributed by atoms with Gasteiger partial charge in [0.1, 0.15) is 0 Å². The van der Waals surface area contributed by atoms with Crippen LogP contribution in [0.25, 0.3) is 0 Å². The van der Waals surface area contributed by atoms with Gasteiger partial charge in [-0.05, 0) is 37.0 Å². The van der Waals surface area contributed by atoms with Crippen molar-refractivity contribution in [3.63, 3.8) is 0 Å². The van der Waals surface area contributed by atoms with E-state index in [0.29, 0.717) is 36.1 Å². The Hall–Kier alpha value is -1.46. The van der Waals surface area contributed by atoms with E-state index in [0.717, 1.165) is 12.8 Å². The lowest BCUT2D eigenvalue weighted by Crippen LogP contribution is -2.49. The van der Waals surface area contributed by atoms with Crippen LogP contribution in [0.15, 0.2) is 18.2 Å². The van der Waals surface area contributed by atoms with Crippen LogP contribution in [0.2, 0.25) is 0 Å². The number of halogens is 1. The topological polar surface area (TPSA) is 73.6 Å². The molecule has 0 aliphatic rings. The second kappa shape index (κ2) is 10.4. The molecule has 0 heterocycles. The smallest absolute Gasteiger partial charge is 0.251 e. The highest BCUT2D eigenvalue weighted by atomic mass is 35.5. The monoisotopic (exact) mass is 358 g/mol. The predicted octanol–water partition coefficient (Wildman–Crippen LogP) is 3.40. The molecular formula is C18H31ClN2O3. The van der Waals surface area contributed by atoms with Gasteiger partial charge in [0, 0.05) is 17.6 Å². The highest BCUT2D eigenvalue weighted by Crippen LogP contribution is 2.28. The van der Waals surface area contributed by atoms with Crippen LogP contribution in [-0.4, -0.2) is 31.7 Å². The van der Waals surface area contributed by atoms with Crippen molar-refractivity contribution < 1.29 is 14.3 Å². The van der Waals surface area contributed by atoms with Crippen molar-refractivity contribution in [3.8, 4) is 11.5 Å². The molecule has 5 nitrogen and oxygen atoms in total. The van der Waals surface area contributed by atoms with Crippen LogP contribution in [0.1, 0.15) is 50.9 Å². The maximum absolute atomic E-state index is 12.3. The minimum absolute atomic E-state index is 0. The summed E-state index contributed by atoms with van der Waals surface area (Å²) in [5.41, 5.74) is 6.39. The summed E-state index contributed by atoms with van der Waals surface area (Å²) < 4.78 is 11.0. The molecule has 3 N–H and O–H groups in total. The molecule has 0 fully saturated rings. The van der Waals surface area contributed by atoms with Gasteiger partial charge in [-0.2, -0.15) is 0 Å². The third-order valence-corrected chi connectivity index (χ3v) is 4.01. The molecule has 0 radical (unpaired) electrons. The molecule has 0 bridgehead atoms. The molecule has 0 aliphatic carbocycles. The Morgan fingerprint density at radius 2 is 1.88 bits per heavy atom. The SMILES string of the molecule is CCC(N)(CC)CNC(=O)c1ccc(OCC(C)C)c(OC)c1.Cl. The molecule has 0 saturated heterocycles. The lowest BCUT2D eigenvalue weighted by Gasteiger charge is -2.26. The van der Waals surface area contributed by atoms with Crippen molar-refractivity contribution in [2.24, 2.45) is 11.7 Å². The van der Waals surface area contributed by atoms with E-state index in [1.165, 1.54) is 0 Å². The number of carbonyl (C=O) groups excluding carboxylic acids is 1. The van der Waals surface area contributed by atoms with Gasteiger partial charge in [0.15, 0.2) is 11.5 Å². The summed E-state index contributed by atoms with van der Waals surface area (Å²) in [5.74, 6) is 1.47. The summed E-state index contributed by atoms with van der Waals surface area (Å²) in [5, 5.41) is 2.90. The predicted molar refractivity (Wildman–Crippen MR) is 100 cm³/mol. The minimum atomic E-state index is -0.361. The first-order valence-electron chi connectivity index (χ1n) is 8.23. The van der Waals surface area contributed by atoms with Crippen LogP contribution in [0.4, 0.5) is 0 Å². The van der Waals surface area contributed by atoms with Crippen LogP contribution < -0.4 is 20.5 Å². The van der Waals surface area contributed by atoms with Crippen molar-refractivity contribution in [1.82, 2.24) is 5.32 Å². The van der Waals surface area contributed by atoms with Crippen molar-refractivity contribution in [1.29, 1.82) is 0 Å². The summed E-state index contributed by atoms with van der Waals surface area (Å²) in [6, 6.07) is 5.20. The number of nitrogens with one attached hydrogen (secondary N) is 1. The Kier molecular flexibility index (Phi) is 9.78. The Balaban J connectivity index is 0.00000529. The van der Waals surface area contributed by atoms with E-state index >= 15 is 0 Å². The van der Waals surface area contributed by atoms with Crippen molar-refractivity contribution >= 4 is 18.3 Å². The average molecular weight is 359 g/mol. The standard InChI is InChI=1S/C18H30N2O3.ClH/c1-6-18(19,7-2)12-20-17(21)14-8-9-15(16(10-14)22-5)23-11-13(3)4;/h8-10,13H,6-7,11-12,19H2,1-5H3,(H,20,21);1H. The molecule has 24 heavy (non-hydrogen) atoms. The third kappa shape index (κ3) is 6.57.